The zero-order valence-electron chi connectivity index (χ0n) is 21.5. The number of aliphatic hydroxyl groups is 1. The molecule has 12 heteroatoms. The van der Waals surface area contributed by atoms with Crippen LogP contribution in [0.15, 0.2) is 80.3 Å². The number of nitrogens with zero attached hydrogens (tertiary/aromatic N) is 1. The average Bonchev–Trinajstić information content (AvgIpc) is 3.23. The number of carbonyl (C=O) groups excluding carboxylic acids is 2. The Morgan fingerprint density at radius 1 is 1.05 bits per heavy atom. The summed E-state index contributed by atoms with van der Waals surface area (Å²) < 4.78 is 17.2. The Hall–Kier alpha value is -2.95. The molecule has 0 saturated heterocycles. The SMILES string of the molecule is CCOC(=O)C1=C(O)/C(=C/c2cc(OC)c(OCc3ccc(Cl)cc3Cl)cc2Br)SC1=NC(=O)c1ccccc1Cl. The van der Waals surface area contributed by atoms with Gasteiger partial charge in [-0.05, 0) is 55.0 Å². The molecule has 0 fully saturated rings. The van der Waals surface area contributed by atoms with E-state index in [1.54, 1.807) is 61.5 Å². The fraction of sp³-hybridized carbons (Fsp3) is 0.138. The van der Waals surface area contributed by atoms with Gasteiger partial charge in [0.2, 0.25) is 0 Å². The molecular weight excluding hydrogens is 677 g/mol. The third-order valence-corrected chi connectivity index (χ3v) is 8.27. The van der Waals surface area contributed by atoms with Gasteiger partial charge in [-0.15, -0.1) is 0 Å². The number of aliphatic hydroxyl groups excluding tert-OH is 1. The van der Waals surface area contributed by atoms with E-state index in [4.69, 9.17) is 49.0 Å². The Morgan fingerprint density at radius 3 is 2.49 bits per heavy atom. The lowest BCUT2D eigenvalue weighted by atomic mass is 10.1. The third kappa shape index (κ3) is 7.28. The van der Waals surface area contributed by atoms with Crippen molar-refractivity contribution in [3.63, 3.8) is 0 Å². The summed E-state index contributed by atoms with van der Waals surface area (Å²) in [7, 11) is 1.49. The van der Waals surface area contributed by atoms with Gasteiger partial charge in [-0.25, -0.2) is 9.79 Å². The number of esters is 1. The van der Waals surface area contributed by atoms with Gasteiger partial charge >= 0.3 is 5.97 Å². The molecule has 0 unspecified atom stereocenters. The maximum absolute atomic E-state index is 12.9. The van der Waals surface area contributed by atoms with Crippen LogP contribution in [0.4, 0.5) is 0 Å². The minimum Gasteiger partial charge on any atom is -0.506 e. The van der Waals surface area contributed by atoms with E-state index < -0.39 is 11.9 Å². The van der Waals surface area contributed by atoms with Gasteiger partial charge in [-0.2, -0.15) is 0 Å². The Morgan fingerprint density at radius 2 is 1.80 bits per heavy atom. The van der Waals surface area contributed by atoms with E-state index in [0.29, 0.717) is 31.6 Å². The summed E-state index contributed by atoms with van der Waals surface area (Å²) in [6.45, 7) is 1.87. The number of halogens is 4. The highest BCUT2D eigenvalue weighted by Gasteiger charge is 2.34. The van der Waals surface area contributed by atoms with Gasteiger partial charge < -0.3 is 19.3 Å². The summed E-state index contributed by atoms with van der Waals surface area (Å²) in [6.07, 6.45) is 1.62. The fourth-order valence-corrected chi connectivity index (χ4v) is 5.77. The number of hydrogen-bond acceptors (Lipinski definition) is 7. The molecule has 3 aromatic carbocycles. The lowest BCUT2D eigenvalue weighted by Crippen LogP contribution is -2.14. The van der Waals surface area contributed by atoms with Crippen molar-refractivity contribution in [1.29, 1.82) is 0 Å². The second kappa shape index (κ2) is 13.8. The number of thioether (sulfide) groups is 1. The van der Waals surface area contributed by atoms with E-state index >= 15 is 0 Å². The minimum atomic E-state index is -0.812. The van der Waals surface area contributed by atoms with Crippen molar-refractivity contribution in [3.8, 4) is 11.5 Å². The van der Waals surface area contributed by atoms with Crippen molar-refractivity contribution in [1.82, 2.24) is 0 Å². The minimum absolute atomic E-state index is 0.0139. The van der Waals surface area contributed by atoms with Crippen LogP contribution in [0, 0.1) is 0 Å². The molecule has 4 rings (SSSR count). The van der Waals surface area contributed by atoms with Gasteiger partial charge in [0.1, 0.15) is 23.0 Å². The lowest BCUT2D eigenvalue weighted by Gasteiger charge is -2.14. The molecule has 0 saturated carbocycles. The molecule has 0 atom stereocenters. The van der Waals surface area contributed by atoms with E-state index in [1.165, 1.54) is 13.2 Å². The highest BCUT2D eigenvalue weighted by molar-refractivity contribution is 9.10. The number of amides is 1. The number of benzene rings is 3. The molecule has 41 heavy (non-hydrogen) atoms. The molecule has 0 bridgehead atoms. The van der Waals surface area contributed by atoms with E-state index in [0.717, 1.165) is 17.3 Å². The van der Waals surface area contributed by atoms with Crippen LogP contribution in [0.3, 0.4) is 0 Å². The maximum atomic E-state index is 12.9. The van der Waals surface area contributed by atoms with Crippen LogP contribution in [0.1, 0.15) is 28.4 Å². The zero-order valence-corrected chi connectivity index (χ0v) is 26.2. The van der Waals surface area contributed by atoms with Crippen molar-refractivity contribution in [2.45, 2.75) is 13.5 Å². The van der Waals surface area contributed by atoms with E-state index in [9.17, 15) is 14.7 Å². The molecular formula is C29H21BrCl3NO6S. The molecule has 0 aromatic heterocycles. The van der Waals surface area contributed by atoms with Gasteiger partial charge in [0, 0.05) is 20.1 Å². The summed E-state index contributed by atoms with van der Waals surface area (Å²) >= 11 is 22.9. The highest BCUT2D eigenvalue weighted by atomic mass is 79.9. The fourth-order valence-electron chi connectivity index (χ4n) is 3.65. The van der Waals surface area contributed by atoms with Crippen LogP contribution in [0.2, 0.25) is 15.1 Å². The summed E-state index contributed by atoms with van der Waals surface area (Å²) in [5.41, 5.74) is 1.27. The number of carbonyl (C=O) groups is 2. The summed E-state index contributed by atoms with van der Waals surface area (Å²) in [4.78, 5) is 30.0. The first-order valence-corrected chi connectivity index (χ1v) is 14.7. The molecule has 0 radical (unpaired) electrons. The van der Waals surface area contributed by atoms with Gasteiger partial charge in [0.15, 0.2) is 11.5 Å². The summed E-state index contributed by atoms with van der Waals surface area (Å²) in [5, 5.41) is 12.2. The molecule has 0 spiro atoms. The van der Waals surface area contributed by atoms with Crippen molar-refractivity contribution >= 4 is 85.5 Å². The van der Waals surface area contributed by atoms with Crippen molar-refractivity contribution in [2.24, 2.45) is 4.99 Å². The molecule has 1 aliphatic heterocycles. The summed E-state index contributed by atoms with van der Waals surface area (Å²) in [6, 6.07) is 14.9. The number of hydrogen-bond donors (Lipinski definition) is 1. The smallest absolute Gasteiger partial charge is 0.344 e. The zero-order chi connectivity index (χ0) is 29.7. The van der Waals surface area contributed by atoms with E-state index in [2.05, 4.69) is 20.9 Å². The number of rotatable bonds is 8. The predicted octanol–water partition coefficient (Wildman–Crippen LogP) is 8.70. The van der Waals surface area contributed by atoms with Gasteiger partial charge in [0.25, 0.3) is 5.91 Å². The molecule has 212 valence electrons. The first kappa shape index (κ1) is 31.0. The normalized spacial score (nSPS) is 15.0. The standard InChI is InChI=1S/C29H21BrCl3NO6S/c1-3-39-29(37)25-26(35)24(41-28(25)34-27(36)18-6-4-5-7-20(18)32)11-16-10-22(38-2)23(13-19(16)30)40-14-15-8-9-17(31)12-21(15)33/h4-13,35H,3,14H2,1-2H3/b24-11-,34-28?. The first-order chi connectivity index (χ1) is 19.6. The topological polar surface area (TPSA) is 94.4 Å². The van der Waals surface area contributed by atoms with E-state index in [-0.39, 0.29) is 45.1 Å². The first-order valence-electron chi connectivity index (χ1n) is 11.9. The molecule has 1 amide bonds. The Bertz CT molecular complexity index is 1620. The van der Waals surface area contributed by atoms with E-state index in [1.807, 2.05) is 0 Å². The second-order valence-corrected chi connectivity index (χ2v) is 11.4. The molecule has 0 aliphatic carbocycles. The summed E-state index contributed by atoms with van der Waals surface area (Å²) in [5.74, 6) is -1.01. The second-order valence-electron chi connectivity index (χ2n) is 8.31. The number of aliphatic imine (C=N–C) groups is 1. The van der Waals surface area contributed by atoms with Crippen LogP contribution in [-0.4, -0.2) is 35.7 Å². The molecule has 1 N–H and O–H groups in total. The predicted molar refractivity (Wildman–Crippen MR) is 167 cm³/mol. The quantitative estimate of drug-likeness (QED) is 0.236. The molecule has 3 aromatic rings. The van der Waals surface area contributed by atoms with Crippen LogP contribution in [0.25, 0.3) is 6.08 Å². The average molecular weight is 698 g/mol. The monoisotopic (exact) mass is 695 g/mol. The van der Waals surface area contributed by atoms with Crippen LogP contribution >= 0.6 is 62.5 Å². The largest absolute Gasteiger partial charge is 0.506 e. The molecule has 1 heterocycles. The maximum Gasteiger partial charge on any atom is 0.344 e. The van der Waals surface area contributed by atoms with Gasteiger partial charge in [-0.3, -0.25) is 4.79 Å². The Kier molecular flexibility index (Phi) is 10.4. The van der Waals surface area contributed by atoms with Crippen molar-refractivity contribution in [3.05, 3.63) is 107 Å². The van der Waals surface area contributed by atoms with Crippen molar-refractivity contribution < 1.29 is 28.9 Å². The van der Waals surface area contributed by atoms with Crippen LogP contribution in [-0.2, 0) is 16.1 Å². The van der Waals surface area contributed by atoms with Crippen molar-refractivity contribution in [2.75, 3.05) is 13.7 Å². The van der Waals surface area contributed by atoms with Gasteiger partial charge in [0.05, 0.1) is 29.2 Å². The van der Waals surface area contributed by atoms with Gasteiger partial charge in [-0.1, -0.05) is 80.7 Å². The highest BCUT2D eigenvalue weighted by Crippen LogP contribution is 2.42. The molecule has 7 nitrogen and oxygen atoms in total. The van der Waals surface area contributed by atoms with Crippen LogP contribution < -0.4 is 9.47 Å². The number of methoxy groups -OCH3 is 1. The number of ether oxygens (including phenoxy) is 3. The third-order valence-electron chi connectivity index (χ3n) is 5.65. The lowest BCUT2D eigenvalue weighted by molar-refractivity contribution is -0.138. The molecule has 1 aliphatic rings. The Balaban J connectivity index is 1.67. The van der Waals surface area contributed by atoms with Crippen LogP contribution in [0.5, 0.6) is 11.5 Å². The Labute approximate surface area is 263 Å².